The molecule has 4 nitrogen and oxygen atoms in total. The standard InChI is InChI=1S/C16H25N3O/c1-2-3-4-5-8-11-18-12-13-19(16(18)20)15-10-7-6-9-14(15)17/h6-7,9-10H,2-5,8,11-13,17H2,1H3. The normalized spacial score (nSPS) is 15.2. The molecule has 0 saturated carbocycles. The molecule has 1 aromatic carbocycles. The minimum atomic E-state index is 0.0957. The van der Waals surface area contributed by atoms with E-state index in [0.29, 0.717) is 5.69 Å². The van der Waals surface area contributed by atoms with Gasteiger partial charge >= 0.3 is 6.03 Å². The van der Waals surface area contributed by atoms with Crippen molar-refractivity contribution in [3.8, 4) is 0 Å². The molecule has 2 amide bonds. The van der Waals surface area contributed by atoms with Gasteiger partial charge in [0.05, 0.1) is 11.4 Å². The topological polar surface area (TPSA) is 49.6 Å². The van der Waals surface area contributed by atoms with Crippen LogP contribution < -0.4 is 10.6 Å². The van der Waals surface area contributed by atoms with Crippen LogP contribution >= 0.6 is 0 Å². The number of unbranched alkanes of at least 4 members (excludes halogenated alkanes) is 4. The number of nitrogens with two attached hydrogens (primary N) is 1. The lowest BCUT2D eigenvalue weighted by atomic mass is 10.1. The Morgan fingerprint density at radius 1 is 1.10 bits per heavy atom. The molecule has 1 heterocycles. The van der Waals surface area contributed by atoms with E-state index in [4.69, 9.17) is 5.73 Å². The maximum absolute atomic E-state index is 12.4. The highest BCUT2D eigenvalue weighted by atomic mass is 16.2. The molecule has 110 valence electrons. The summed E-state index contributed by atoms with van der Waals surface area (Å²) in [6.45, 7) is 4.63. The van der Waals surface area contributed by atoms with Crippen LogP contribution in [0, 0.1) is 0 Å². The van der Waals surface area contributed by atoms with Crippen molar-refractivity contribution in [3.05, 3.63) is 24.3 Å². The zero-order valence-electron chi connectivity index (χ0n) is 12.3. The molecule has 0 bridgehead atoms. The van der Waals surface area contributed by atoms with Crippen LogP contribution in [0.3, 0.4) is 0 Å². The van der Waals surface area contributed by atoms with Crippen LogP contribution in [-0.2, 0) is 0 Å². The van der Waals surface area contributed by atoms with Crippen LogP contribution in [0.25, 0.3) is 0 Å². The van der Waals surface area contributed by atoms with E-state index in [1.165, 1.54) is 25.7 Å². The summed E-state index contributed by atoms with van der Waals surface area (Å²) in [5.74, 6) is 0. The van der Waals surface area contributed by atoms with Crippen molar-refractivity contribution in [1.82, 2.24) is 4.90 Å². The molecule has 1 aliphatic rings. The van der Waals surface area contributed by atoms with Crippen LogP contribution in [-0.4, -0.2) is 30.6 Å². The van der Waals surface area contributed by atoms with Crippen LogP contribution in [0.2, 0.25) is 0 Å². The van der Waals surface area contributed by atoms with Crippen molar-refractivity contribution >= 4 is 17.4 Å². The Kier molecular flexibility index (Phi) is 5.27. The minimum absolute atomic E-state index is 0.0957. The van der Waals surface area contributed by atoms with Crippen molar-refractivity contribution < 1.29 is 4.79 Å². The predicted octanol–water partition coefficient (Wildman–Crippen LogP) is 3.48. The summed E-state index contributed by atoms with van der Waals surface area (Å²) in [5, 5.41) is 0. The number of para-hydroxylation sites is 2. The van der Waals surface area contributed by atoms with E-state index in [9.17, 15) is 4.79 Å². The van der Waals surface area contributed by atoms with Crippen molar-refractivity contribution in [1.29, 1.82) is 0 Å². The molecule has 1 fully saturated rings. The Bertz CT molecular complexity index is 447. The third-order valence-electron chi connectivity index (χ3n) is 3.85. The summed E-state index contributed by atoms with van der Waals surface area (Å²) >= 11 is 0. The third-order valence-corrected chi connectivity index (χ3v) is 3.85. The molecular formula is C16H25N3O. The second-order valence-corrected chi connectivity index (χ2v) is 5.39. The van der Waals surface area contributed by atoms with Crippen molar-refractivity contribution in [3.63, 3.8) is 0 Å². The molecular weight excluding hydrogens is 250 g/mol. The van der Waals surface area contributed by atoms with Gasteiger partial charge in [-0.15, -0.1) is 0 Å². The van der Waals surface area contributed by atoms with E-state index in [1.807, 2.05) is 29.2 Å². The van der Waals surface area contributed by atoms with E-state index in [1.54, 1.807) is 4.90 Å². The van der Waals surface area contributed by atoms with Crippen molar-refractivity contribution in [2.45, 2.75) is 39.0 Å². The van der Waals surface area contributed by atoms with Gasteiger partial charge in [0.1, 0.15) is 0 Å². The number of urea groups is 1. The van der Waals surface area contributed by atoms with E-state index in [0.717, 1.165) is 31.7 Å². The fourth-order valence-corrected chi connectivity index (χ4v) is 2.65. The highest BCUT2D eigenvalue weighted by molar-refractivity contribution is 5.97. The Hall–Kier alpha value is -1.71. The van der Waals surface area contributed by atoms with Gasteiger partial charge in [0.15, 0.2) is 0 Å². The largest absolute Gasteiger partial charge is 0.397 e. The molecule has 4 heteroatoms. The second kappa shape index (κ2) is 7.17. The third kappa shape index (κ3) is 3.44. The van der Waals surface area contributed by atoms with Gasteiger partial charge < -0.3 is 10.6 Å². The minimum Gasteiger partial charge on any atom is -0.397 e. The number of anilines is 2. The lowest BCUT2D eigenvalue weighted by Crippen LogP contribution is -2.32. The van der Waals surface area contributed by atoms with Gasteiger partial charge in [0.25, 0.3) is 0 Å². The highest BCUT2D eigenvalue weighted by Crippen LogP contribution is 2.26. The number of benzene rings is 1. The zero-order valence-corrected chi connectivity index (χ0v) is 12.3. The molecule has 1 saturated heterocycles. The number of hydrogen-bond donors (Lipinski definition) is 1. The summed E-state index contributed by atoms with van der Waals surface area (Å²) in [4.78, 5) is 16.1. The second-order valence-electron chi connectivity index (χ2n) is 5.39. The fraction of sp³-hybridized carbons (Fsp3) is 0.562. The molecule has 2 N–H and O–H groups in total. The average Bonchev–Trinajstić information content (AvgIpc) is 2.81. The van der Waals surface area contributed by atoms with Gasteiger partial charge in [-0.3, -0.25) is 4.90 Å². The van der Waals surface area contributed by atoms with E-state index in [2.05, 4.69) is 6.92 Å². The Labute approximate surface area is 121 Å². The van der Waals surface area contributed by atoms with Gasteiger partial charge in [0, 0.05) is 19.6 Å². The maximum Gasteiger partial charge on any atom is 0.324 e. The Morgan fingerprint density at radius 2 is 1.85 bits per heavy atom. The SMILES string of the molecule is CCCCCCCN1CCN(c2ccccc2N)C1=O. The van der Waals surface area contributed by atoms with Crippen molar-refractivity contribution in [2.24, 2.45) is 0 Å². The molecule has 2 rings (SSSR count). The van der Waals surface area contributed by atoms with Gasteiger partial charge in [-0.1, -0.05) is 44.7 Å². The lowest BCUT2D eigenvalue weighted by molar-refractivity contribution is 0.219. The van der Waals surface area contributed by atoms with E-state index < -0.39 is 0 Å². The maximum atomic E-state index is 12.4. The first-order chi connectivity index (χ1) is 9.74. The Morgan fingerprint density at radius 3 is 2.60 bits per heavy atom. The number of carbonyl (C=O) groups is 1. The van der Waals surface area contributed by atoms with Gasteiger partial charge in [-0.25, -0.2) is 4.79 Å². The Balaban J connectivity index is 1.85. The van der Waals surface area contributed by atoms with Crippen LogP contribution in [0.5, 0.6) is 0 Å². The van der Waals surface area contributed by atoms with E-state index >= 15 is 0 Å². The summed E-state index contributed by atoms with van der Waals surface area (Å²) < 4.78 is 0. The first-order valence-electron chi connectivity index (χ1n) is 7.65. The molecule has 1 aromatic rings. The van der Waals surface area contributed by atoms with Gasteiger partial charge in [-0.2, -0.15) is 0 Å². The van der Waals surface area contributed by atoms with E-state index in [-0.39, 0.29) is 6.03 Å². The molecule has 20 heavy (non-hydrogen) atoms. The monoisotopic (exact) mass is 275 g/mol. The first kappa shape index (κ1) is 14.7. The van der Waals surface area contributed by atoms with Crippen molar-refractivity contribution in [2.75, 3.05) is 30.3 Å². The van der Waals surface area contributed by atoms with Crippen LogP contribution in [0.4, 0.5) is 16.2 Å². The fourth-order valence-electron chi connectivity index (χ4n) is 2.65. The van der Waals surface area contributed by atoms with Gasteiger partial charge in [-0.05, 0) is 18.6 Å². The number of nitrogens with zero attached hydrogens (tertiary/aromatic N) is 2. The summed E-state index contributed by atoms with van der Waals surface area (Å²) in [5.41, 5.74) is 7.46. The smallest absolute Gasteiger partial charge is 0.324 e. The molecule has 0 unspecified atom stereocenters. The molecule has 0 aromatic heterocycles. The number of nitrogen functional groups attached to an aromatic ring is 1. The predicted molar refractivity (Wildman–Crippen MR) is 83.9 cm³/mol. The molecule has 0 spiro atoms. The molecule has 0 aliphatic carbocycles. The van der Waals surface area contributed by atoms with Crippen LogP contribution in [0.1, 0.15) is 39.0 Å². The highest BCUT2D eigenvalue weighted by Gasteiger charge is 2.29. The summed E-state index contributed by atoms with van der Waals surface area (Å²) in [6, 6.07) is 7.67. The first-order valence-corrected chi connectivity index (χ1v) is 7.65. The van der Waals surface area contributed by atoms with Gasteiger partial charge in [0.2, 0.25) is 0 Å². The number of hydrogen-bond acceptors (Lipinski definition) is 2. The molecule has 1 aliphatic heterocycles. The quantitative estimate of drug-likeness (QED) is 0.612. The molecule has 0 radical (unpaired) electrons. The number of amides is 2. The summed E-state index contributed by atoms with van der Waals surface area (Å²) in [6.07, 6.45) is 6.13. The number of carbonyl (C=O) groups excluding carboxylic acids is 1. The average molecular weight is 275 g/mol. The number of rotatable bonds is 7. The zero-order chi connectivity index (χ0) is 14.4. The molecule has 0 atom stereocenters. The lowest BCUT2D eigenvalue weighted by Gasteiger charge is -2.19. The summed E-state index contributed by atoms with van der Waals surface area (Å²) in [7, 11) is 0. The van der Waals surface area contributed by atoms with Crippen LogP contribution in [0.15, 0.2) is 24.3 Å².